The van der Waals surface area contributed by atoms with Crippen LogP contribution in [0.5, 0.6) is 17.2 Å². The minimum atomic E-state index is 0.458. The second-order valence-electron chi connectivity index (χ2n) is 6.97. The first kappa shape index (κ1) is 17.6. The SMILES string of the molecule is c1ccc(Oc2cccc(OC[C@@H]3CNCC[C@H]3c3ccccc3)c2)cc1. The number of hydrogen-bond donors (Lipinski definition) is 1. The van der Waals surface area contributed by atoms with Crippen LogP contribution < -0.4 is 14.8 Å². The lowest BCUT2D eigenvalue weighted by molar-refractivity contribution is 0.196. The van der Waals surface area contributed by atoms with E-state index in [-0.39, 0.29) is 0 Å². The summed E-state index contributed by atoms with van der Waals surface area (Å²) in [6.45, 7) is 2.75. The van der Waals surface area contributed by atoms with E-state index in [1.165, 1.54) is 5.56 Å². The van der Waals surface area contributed by atoms with Gasteiger partial charge >= 0.3 is 0 Å². The van der Waals surface area contributed by atoms with E-state index in [4.69, 9.17) is 9.47 Å². The van der Waals surface area contributed by atoms with Crippen molar-refractivity contribution >= 4 is 0 Å². The zero-order valence-corrected chi connectivity index (χ0v) is 15.4. The maximum absolute atomic E-state index is 6.16. The molecule has 0 amide bonds. The van der Waals surface area contributed by atoms with Crippen molar-refractivity contribution in [1.29, 1.82) is 0 Å². The molecule has 3 aromatic rings. The quantitative estimate of drug-likeness (QED) is 0.652. The second kappa shape index (κ2) is 8.74. The smallest absolute Gasteiger partial charge is 0.131 e. The van der Waals surface area contributed by atoms with Crippen LogP contribution in [0.3, 0.4) is 0 Å². The van der Waals surface area contributed by atoms with Gasteiger partial charge in [-0.3, -0.25) is 0 Å². The Bertz CT molecular complexity index is 835. The third kappa shape index (κ3) is 4.69. The number of ether oxygens (including phenoxy) is 2. The standard InChI is InChI=1S/C24H25NO2/c1-3-8-19(9-4-1)24-14-15-25-17-20(24)18-26-22-12-7-13-23(16-22)27-21-10-5-2-6-11-21/h1-13,16,20,24-25H,14-15,17-18H2/t20-,24-/m0/s1. The summed E-state index contributed by atoms with van der Waals surface area (Å²) in [4.78, 5) is 0. The van der Waals surface area contributed by atoms with Gasteiger partial charge in [0.25, 0.3) is 0 Å². The van der Waals surface area contributed by atoms with E-state index < -0.39 is 0 Å². The highest BCUT2D eigenvalue weighted by atomic mass is 16.5. The zero-order chi connectivity index (χ0) is 18.3. The first-order valence-corrected chi connectivity index (χ1v) is 9.60. The van der Waals surface area contributed by atoms with Gasteiger partial charge in [0, 0.05) is 18.5 Å². The molecule has 1 aliphatic rings. The highest BCUT2D eigenvalue weighted by Crippen LogP contribution is 2.31. The zero-order valence-electron chi connectivity index (χ0n) is 15.4. The Kier molecular flexibility index (Phi) is 5.70. The van der Waals surface area contributed by atoms with Crippen LogP contribution in [-0.2, 0) is 0 Å². The van der Waals surface area contributed by atoms with Crippen LogP contribution in [0.2, 0.25) is 0 Å². The molecule has 0 aromatic heterocycles. The molecule has 0 unspecified atom stereocenters. The molecule has 0 bridgehead atoms. The van der Waals surface area contributed by atoms with Gasteiger partial charge in [-0.1, -0.05) is 54.6 Å². The van der Waals surface area contributed by atoms with Crippen molar-refractivity contribution in [3.8, 4) is 17.2 Å². The molecule has 138 valence electrons. The summed E-state index contributed by atoms with van der Waals surface area (Å²) in [6, 6.07) is 28.5. The molecule has 2 atom stereocenters. The summed E-state index contributed by atoms with van der Waals surface area (Å²) in [5, 5.41) is 3.51. The van der Waals surface area contributed by atoms with Gasteiger partial charge in [0.05, 0.1) is 6.61 Å². The minimum Gasteiger partial charge on any atom is -0.493 e. The van der Waals surface area contributed by atoms with Gasteiger partial charge in [0.2, 0.25) is 0 Å². The molecule has 1 N–H and O–H groups in total. The molecular weight excluding hydrogens is 334 g/mol. The van der Waals surface area contributed by atoms with Crippen molar-refractivity contribution in [1.82, 2.24) is 5.32 Å². The van der Waals surface area contributed by atoms with Gasteiger partial charge in [-0.25, -0.2) is 0 Å². The monoisotopic (exact) mass is 359 g/mol. The number of benzene rings is 3. The maximum Gasteiger partial charge on any atom is 0.131 e. The van der Waals surface area contributed by atoms with E-state index in [0.29, 0.717) is 18.4 Å². The van der Waals surface area contributed by atoms with Gasteiger partial charge in [-0.2, -0.15) is 0 Å². The highest BCUT2D eigenvalue weighted by molar-refractivity contribution is 5.36. The van der Waals surface area contributed by atoms with Crippen LogP contribution in [0.1, 0.15) is 17.9 Å². The number of piperidine rings is 1. The average molecular weight is 359 g/mol. The van der Waals surface area contributed by atoms with E-state index in [1.807, 2.05) is 54.6 Å². The first-order valence-electron chi connectivity index (χ1n) is 9.60. The summed E-state index contributed by atoms with van der Waals surface area (Å²) < 4.78 is 12.1. The van der Waals surface area contributed by atoms with Crippen LogP contribution >= 0.6 is 0 Å². The van der Waals surface area contributed by atoms with E-state index in [1.54, 1.807) is 0 Å². The lowest BCUT2D eigenvalue weighted by Crippen LogP contribution is -2.38. The number of rotatable bonds is 6. The number of para-hydroxylation sites is 1. The van der Waals surface area contributed by atoms with Crippen molar-refractivity contribution in [2.45, 2.75) is 12.3 Å². The Morgan fingerprint density at radius 2 is 1.48 bits per heavy atom. The van der Waals surface area contributed by atoms with Crippen molar-refractivity contribution < 1.29 is 9.47 Å². The van der Waals surface area contributed by atoms with Gasteiger partial charge in [-0.05, 0) is 48.7 Å². The lowest BCUT2D eigenvalue weighted by atomic mass is 9.81. The molecule has 0 saturated carbocycles. The van der Waals surface area contributed by atoms with Gasteiger partial charge < -0.3 is 14.8 Å². The summed E-state index contributed by atoms with van der Waals surface area (Å²) >= 11 is 0. The van der Waals surface area contributed by atoms with Crippen LogP contribution in [0, 0.1) is 5.92 Å². The summed E-state index contributed by atoms with van der Waals surface area (Å²) in [5.41, 5.74) is 1.41. The van der Waals surface area contributed by atoms with Crippen molar-refractivity contribution in [2.75, 3.05) is 19.7 Å². The highest BCUT2D eigenvalue weighted by Gasteiger charge is 2.26. The molecule has 0 radical (unpaired) electrons. The topological polar surface area (TPSA) is 30.5 Å². The largest absolute Gasteiger partial charge is 0.493 e. The molecule has 3 nitrogen and oxygen atoms in total. The molecule has 1 fully saturated rings. The minimum absolute atomic E-state index is 0.458. The third-order valence-electron chi connectivity index (χ3n) is 5.08. The van der Waals surface area contributed by atoms with Gasteiger partial charge in [0.1, 0.15) is 17.2 Å². The van der Waals surface area contributed by atoms with Crippen LogP contribution in [-0.4, -0.2) is 19.7 Å². The van der Waals surface area contributed by atoms with E-state index in [2.05, 4.69) is 35.6 Å². The molecule has 3 aromatic carbocycles. The van der Waals surface area contributed by atoms with Gasteiger partial charge in [0.15, 0.2) is 0 Å². The van der Waals surface area contributed by atoms with E-state index in [9.17, 15) is 0 Å². The summed E-state index contributed by atoms with van der Waals surface area (Å²) in [7, 11) is 0. The fourth-order valence-electron chi connectivity index (χ4n) is 3.69. The molecule has 27 heavy (non-hydrogen) atoms. The Labute approximate surface area is 161 Å². The Hall–Kier alpha value is -2.78. The molecule has 4 rings (SSSR count). The molecule has 1 heterocycles. The molecule has 1 saturated heterocycles. The summed E-state index contributed by atoms with van der Waals surface area (Å²) in [6.07, 6.45) is 1.15. The Morgan fingerprint density at radius 1 is 0.778 bits per heavy atom. The summed E-state index contributed by atoms with van der Waals surface area (Å²) in [5.74, 6) is 3.47. The molecule has 3 heteroatoms. The predicted octanol–water partition coefficient (Wildman–Crippen LogP) is 5.25. The van der Waals surface area contributed by atoms with Crippen LogP contribution in [0.25, 0.3) is 0 Å². The first-order chi connectivity index (χ1) is 13.4. The molecule has 0 spiro atoms. The Morgan fingerprint density at radius 3 is 2.30 bits per heavy atom. The lowest BCUT2D eigenvalue weighted by Gasteiger charge is -2.32. The van der Waals surface area contributed by atoms with Crippen molar-refractivity contribution in [3.63, 3.8) is 0 Å². The van der Waals surface area contributed by atoms with E-state index >= 15 is 0 Å². The maximum atomic E-state index is 6.16. The average Bonchev–Trinajstić information content (AvgIpc) is 2.74. The normalized spacial score (nSPS) is 19.4. The van der Waals surface area contributed by atoms with Crippen molar-refractivity contribution in [2.24, 2.45) is 5.92 Å². The van der Waals surface area contributed by atoms with E-state index in [0.717, 1.165) is 36.8 Å². The second-order valence-corrected chi connectivity index (χ2v) is 6.97. The predicted molar refractivity (Wildman–Crippen MR) is 109 cm³/mol. The van der Waals surface area contributed by atoms with Crippen LogP contribution in [0.4, 0.5) is 0 Å². The molecule has 0 aliphatic carbocycles. The van der Waals surface area contributed by atoms with Crippen molar-refractivity contribution in [3.05, 3.63) is 90.5 Å². The third-order valence-corrected chi connectivity index (χ3v) is 5.08. The molecular formula is C24H25NO2. The number of hydrogen-bond acceptors (Lipinski definition) is 3. The number of nitrogens with one attached hydrogen (secondary N) is 1. The fraction of sp³-hybridized carbons (Fsp3) is 0.250. The van der Waals surface area contributed by atoms with Crippen LogP contribution in [0.15, 0.2) is 84.9 Å². The fourth-order valence-corrected chi connectivity index (χ4v) is 3.69. The molecule has 1 aliphatic heterocycles. The van der Waals surface area contributed by atoms with Gasteiger partial charge in [-0.15, -0.1) is 0 Å². The Balaban J connectivity index is 1.41.